The third-order valence-electron chi connectivity index (χ3n) is 3.04. The Balaban J connectivity index is 1.92. The lowest BCUT2D eigenvalue weighted by Gasteiger charge is -2.04. The molecular formula is C12H13FN4S. The molecule has 1 fully saturated rings. The van der Waals surface area contributed by atoms with Crippen molar-refractivity contribution in [1.82, 2.24) is 14.5 Å². The molecule has 6 heteroatoms. The molecule has 1 unspecified atom stereocenters. The summed E-state index contributed by atoms with van der Waals surface area (Å²) < 4.78 is 15.3. The van der Waals surface area contributed by atoms with Crippen molar-refractivity contribution in [2.45, 2.75) is 12.3 Å². The van der Waals surface area contributed by atoms with Gasteiger partial charge in [0.2, 0.25) is 0 Å². The fourth-order valence-electron chi connectivity index (χ4n) is 2.07. The second kappa shape index (κ2) is 4.61. The van der Waals surface area contributed by atoms with E-state index in [0.29, 0.717) is 11.6 Å². The van der Waals surface area contributed by atoms with E-state index in [1.807, 2.05) is 18.0 Å². The van der Waals surface area contributed by atoms with Crippen LogP contribution in [0.3, 0.4) is 0 Å². The number of nitrogens with zero attached hydrogens (tertiary/aromatic N) is 3. The summed E-state index contributed by atoms with van der Waals surface area (Å²) in [5, 5.41) is 0. The molecule has 0 aromatic carbocycles. The van der Waals surface area contributed by atoms with E-state index in [9.17, 15) is 4.39 Å². The van der Waals surface area contributed by atoms with Gasteiger partial charge in [-0.1, -0.05) is 0 Å². The van der Waals surface area contributed by atoms with E-state index in [1.54, 1.807) is 10.9 Å². The van der Waals surface area contributed by atoms with Gasteiger partial charge in [0.1, 0.15) is 6.33 Å². The minimum absolute atomic E-state index is 0.244. The fourth-order valence-corrected chi connectivity index (χ4v) is 3.31. The lowest BCUT2D eigenvalue weighted by atomic mass is 10.1. The molecule has 0 radical (unpaired) electrons. The summed E-state index contributed by atoms with van der Waals surface area (Å²) in [5.41, 5.74) is 6.82. The summed E-state index contributed by atoms with van der Waals surface area (Å²) in [4.78, 5) is 8.36. The Bertz CT molecular complexity index is 563. The molecule has 0 saturated carbocycles. The number of pyridine rings is 1. The number of hydrogen-bond acceptors (Lipinski definition) is 4. The predicted molar refractivity (Wildman–Crippen MR) is 70.4 cm³/mol. The number of aromatic nitrogens is 3. The van der Waals surface area contributed by atoms with E-state index >= 15 is 0 Å². The second-order valence-corrected chi connectivity index (χ2v) is 5.49. The van der Waals surface area contributed by atoms with Gasteiger partial charge in [-0.3, -0.25) is 4.57 Å². The highest BCUT2D eigenvalue weighted by Gasteiger charge is 2.20. The monoisotopic (exact) mass is 264 g/mol. The van der Waals surface area contributed by atoms with E-state index in [4.69, 9.17) is 5.73 Å². The predicted octanol–water partition coefficient (Wildman–Crippen LogP) is 2.21. The first kappa shape index (κ1) is 11.5. The van der Waals surface area contributed by atoms with Gasteiger partial charge in [0, 0.05) is 23.9 Å². The molecule has 1 saturated heterocycles. The van der Waals surface area contributed by atoms with Crippen LogP contribution in [0.15, 0.2) is 24.8 Å². The Morgan fingerprint density at radius 2 is 2.33 bits per heavy atom. The molecule has 0 amide bonds. The van der Waals surface area contributed by atoms with Crippen molar-refractivity contribution in [2.24, 2.45) is 0 Å². The van der Waals surface area contributed by atoms with Crippen LogP contribution in [0.1, 0.15) is 18.0 Å². The van der Waals surface area contributed by atoms with E-state index < -0.39 is 5.82 Å². The van der Waals surface area contributed by atoms with Gasteiger partial charge in [-0.2, -0.15) is 11.8 Å². The zero-order chi connectivity index (χ0) is 12.5. The molecule has 18 heavy (non-hydrogen) atoms. The zero-order valence-corrected chi connectivity index (χ0v) is 10.5. The Kier molecular flexibility index (Phi) is 2.95. The van der Waals surface area contributed by atoms with Crippen molar-refractivity contribution in [3.63, 3.8) is 0 Å². The maximum atomic E-state index is 13.7. The Labute approximate surface area is 108 Å². The highest BCUT2D eigenvalue weighted by molar-refractivity contribution is 7.99. The lowest BCUT2D eigenvalue weighted by Crippen LogP contribution is -2.01. The van der Waals surface area contributed by atoms with Crippen LogP contribution in [0, 0.1) is 5.82 Å². The van der Waals surface area contributed by atoms with Crippen molar-refractivity contribution in [3.8, 4) is 5.82 Å². The third kappa shape index (κ3) is 2.08. The molecule has 3 rings (SSSR count). The van der Waals surface area contributed by atoms with Crippen LogP contribution in [0.2, 0.25) is 0 Å². The molecule has 1 aliphatic heterocycles. The molecule has 0 aliphatic carbocycles. The summed E-state index contributed by atoms with van der Waals surface area (Å²) in [6, 6.07) is 1.27. The van der Waals surface area contributed by atoms with E-state index in [2.05, 4.69) is 9.97 Å². The number of nitrogen functional groups attached to an aromatic ring is 1. The third-order valence-corrected chi connectivity index (χ3v) is 4.20. The number of imidazole rings is 1. The van der Waals surface area contributed by atoms with Crippen molar-refractivity contribution >= 4 is 17.4 Å². The van der Waals surface area contributed by atoms with Crippen LogP contribution in [0.25, 0.3) is 5.82 Å². The summed E-state index contributed by atoms with van der Waals surface area (Å²) in [5.74, 6) is 2.56. The average molecular weight is 264 g/mol. The van der Waals surface area contributed by atoms with Crippen LogP contribution in [-0.4, -0.2) is 26.0 Å². The average Bonchev–Trinajstić information content (AvgIpc) is 2.99. The number of halogens is 1. The number of nitrogens with two attached hydrogens (primary N) is 1. The molecule has 2 N–H and O–H groups in total. The molecule has 1 aliphatic rings. The maximum Gasteiger partial charge on any atom is 0.174 e. The lowest BCUT2D eigenvalue weighted by molar-refractivity contribution is 0.610. The maximum absolute atomic E-state index is 13.7. The zero-order valence-electron chi connectivity index (χ0n) is 9.71. The number of rotatable bonds is 2. The topological polar surface area (TPSA) is 56.7 Å². The molecule has 1 atom stereocenters. The van der Waals surface area contributed by atoms with Crippen LogP contribution in [-0.2, 0) is 0 Å². The number of anilines is 1. The normalized spacial score (nSPS) is 19.3. The summed E-state index contributed by atoms with van der Waals surface area (Å²) >= 11 is 1.93. The Morgan fingerprint density at radius 1 is 1.44 bits per heavy atom. The van der Waals surface area contributed by atoms with Crippen LogP contribution in [0.4, 0.5) is 10.1 Å². The van der Waals surface area contributed by atoms with Crippen LogP contribution >= 0.6 is 11.8 Å². The Hall–Kier alpha value is -1.56. The first-order chi connectivity index (χ1) is 8.74. The minimum Gasteiger partial charge on any atom is -0.397 e. The van der Waals surface area contributed by atoms with Crippen LogP contribution < -0.4 is 5.73 Å². The summed E-state index contributed by atoms with van der Waals surface area (Å²) in [7, 11) is 0. The first-order valence-corrected chi connectivity index (χ1v) is 6.92. The van der Waals surface area contributed by atoms with Gasteiger partial charge >= 0.3 is 0 Å². The van der Waals surface area contributed by atoms with Crippen molar-refractivity contribution in [2.75, 3.05) is 17.2 Å². The molecule has 0 spiro atoms. The standard InChI is InChI=1S/C12H13FN4S/c13-10-3-9(14)4-15-12(10)17-5-11(16-7-17)8-1-2-18-6-8/h3-5,7-8H,1-2,6,14H2. The largest absolute Gasteiger partial charge is 0.397 e. The molecule has 94 valence electrons. The van der Waals surface area contributed by atoms with Gasteiger partial charge in [0.05, 0.1) is 17.6 Å². The number of hydrogen-bond donors (Lipinski definition) is 1. The molecule has 0 bridgehead atoms. The molecule has 4 nitrogen and oxygen atoms in total. The molecule has 3 heterocycles. The van der Waals surface area contributed by atoms with Crippen molar-refractivity contribution in [3.05, 3.63) is 36.3 Å². The van der Waals surface area contributed by atoms with Gasteiger partial charge in [-0.05, 0) is 12.2 Å². The highest BCUT2D eigenvalue weighted by atomic mass is 32.2. The van der Waals surface area contributed by atoms with Gasteiger partial charge in [-0.25, -0.2) is 14.4 Å². The van der Waals surface area contributed by atoms with E-state index in [-0.39, 0.29) is 5.82 Å². The summed E-state index contributed by atoms with van der Waals surface area (Å²) in [6.07, 6.45) is 6.06. The van der Waals surface area contributed by atoms with Gasteiger partial charge in [0.25, 0.3) is 0 Å². The minimum atomic E-state index is -0.431. The van der Waals surface area contributed by atoms with Gasteiger partial charge in [0.15, 0.2) is 11.6 Å². The first-order valence-electron chi connectivity index (χ1n) is 5.77. The SMILES string of the molecule is Nc1cnc(-n2cnc(C3CCSC3)c2)c(F)c1. The fraction of sp³-hybridized carbons (Fsp3) is 0.333. The van der Waals surface area contributed by atoms with Crippen molar-refractivity contribution in [1.29, 1.82) is 0 Å². The highest BCUT2D eigenvalue weighted by Crippen LogP contribution is 2.31. The smallest absolute Gasteiger partial charge is 0.174 e. The quantitative estimate of drug-likeness (QED) is 0.903. The van der Waals surface area contributed by atoms with Gasteiger partial charge < -0.3 is 5.73 Å². The summed E-state index contributed by atoms with van der Waals surface area (Å²) in [6.45, 7) is 0. The van der Waals surface area contributed by atoms with E-state index in [0.717, 1.165) is 17.9 Å². The molecular weight excluding hydrogens is 251 g/mol. The second-order valence-electron chi connectivity index (χ2n) is 4.34. The molecule has 2 aromatic rings. The van der Waals surface area contributed by atoms with Crippen LogP contribution in [0.5, 0.6) is 0 Å². The Morgan fingerprint density at radius 3 is 3.06 bits per heavy atom. The van der Waals surface area contributed by atoms with Gasteiger partial charge in [-0.15, -0.1) is 0 Å². The molecule has 2 aromatic heterocycles. The van der Waals surface area contributed by atoms with E-state index in [1.165, 1.54) is 18.0 Å². The van der Waals surface area contributed by atoms with Crippen molar-refractivity contribution < 1.29 is 4.39 Å². The number of thioether (sulfide) groups is 1.